The standard InChI is InChI=1S/C18H21ClN2O3/c1-12-4-5-13(10-15(12)19)21-18(22)8-9-20-16-11-14(23-2)6-7-17(16)24-3/h4-7,10-11,20H,8-9H2,1-3H3,(H,21,22). The van der Waals surface area contributed by atoms with Gasteiger partial charge in [0.05, 0.1) is 19.9 Å². The van der Waals surface area contributed by atoms with Crippen LogP contribution in [0, 0.1) is 6.92 Å². The van der Waals surface area contributed by atoms with Crippen LogP contribution in [0.15, 0.2) is 36.4 Å². The van der Waals surface area contributed by atoms with E-state index >= 15 is 0 Å². The lowest BCUT2D eigenvalue weighted by atomic mass is 10.2. The highest BCUT2D eigenvalue weighted by atomic mass is 35.5. The van der Waals surface area contributed by atoms with Gasteiger partial charge >= 0.3 is 0 Å². The van der Waals surface area contributed by atoms with Crippen LogP contribution in [0.25, 0.3) is 0 Å². The molecule has 6 heteroatoms. The summed E-state index contributed by atoms with van der Waals surface area (Å²) in [5, 5.41) is 6.64. The molecule has 0 saturated carbocycles. The third-order valence-corrected chi connectivity index (χ3v) is 3.94. The second-order valence-corrected chi connectivity index (χ2v) is 5.66. The number of ether oxygens (including phenoxy) is 2. The molecule has 0 aliphatic rings. The fourth-order valence-corrected chi connectivity index (χ4v) is 2.34. The van der Waals surface area contributed by atoms with E-state index in [-0.39, 0.29) is 5.91 Å². The summed E-state index contributed by atoms with van der Waals surface area (Å²) in [4.78, 5) is 12.0. The van der Waals surface area contributed by atoms with Crippen LogP contribution in [0.4, 0.5) is 11.4 Å². The van der Waals surface area contributed by atoms with Crippen LogP contribution >= 0.6 is 11.6 Å². The number of hydrogen-bond acceptors (Lipinski definition) is 4. The second kappa shape index (κ2) is 8.45. The maximum absolute atomic E-state index is 12.0. The summed E-state index contributed by atoms with van der Waals surface area (Å²) in [5.74, 6) is 1.32. The van der Waals surface area contributed by atoms with Gasteiger partial charge in [-0.05, 0) is 36.8 Å². The summed E-state index contributed by atoms with van der Waals surface area (Å²) in [7, 11) is 3.20. The highest BCUT2D eigenvalue weighted by molar-refractivity contribution is 6.31. The number of halogens is 1. The number of anilines is 2. The third-order valence-electron chi connectivity index (χ3n) is 3.53. The lowest BCUT2D eigenvalue weighted by Crippen LogP contribution is -2.16. The Hall–Kier alpha value is -2.40. The molecule has 1 amide bonds. The van der Waals surface area contributed by atoms with Crippen LogP contribution in [0.1, 0.15) is 12.0 Å². The Kier molecular flexibility index (Phi) is 6.32. The number of carbonyl (C=O) groups is 1. The van der Waals surface area contributed by atoms with E-state index in [0.717, 1.165) is 17.0 Å². The quantitative estimate of drug-likeness (QED) is 0.790. The molecule has 0 saturated heterocycles. The normalized spacial score (nSPS) is 10.2. The van der Waals surface area contributed by atoms with Gasteiger partial charge in [-0.25, -0.2) is 0 Å². The lowest BCUT2D eigenvalue weighted by Gasteiger charge is -2.12. The minimum atomic E-state index is -0.0933. The summed E-state index contributed by atoms with van der Waals surface area (Å²) < 4.78 is 10.5. The Morgan fingerprint density at radius 1 is 1.12 bits per heavy atom. The number of nitrogens with one attached hydrogen (secondary N) is 2. The average Bonchev–Trinajstić information content (AvgIpc) is 2.58. The minimum absolute atomic E-state index is 0.0933. The summed E-state index contributed by atoms with van der Waals surface area (Å²) in [6.45, 7) is 2.38. The number of methoxy groups -OCH3 is 2. The number of benzene rings is 2. The molecule has 0 aromatic heterocycles. The first-order valence-corrected chi connectivity index (χ1v) is 7.93. The van der Waals surface area contributed by atoms with Crippen molar-refractivity contribution in [3.63, 3.8) is 0 Å². The molecule has 0 aliphatic carbocycles. The highest BCUT2D eigenvalue weighted by Crippen LogP contribution is 2.28. The topological polar surface area (TPSA) is 59.6 Å². The first-order chi connectivity index (χ1) is 11.5. The number of carbonyl (C=O) groups excluding carboxylic acids is 1. The number of amides is 1. The SMILES string of the molecule is COc1ccc(OC)c(NCCC(=O)Nc2ccc(C)c(Cl)c2)c1. The zero-order chi connectivity index (χ0) is 17.5. The molecule has 24 heavy (non-hydrogen) atoms. The fraction of sp³-hybridized carbons (Fsp3) is 0.278. The predicted molar refractivity (Wildman–Crippen MR) is 97.5 cm³/mol. The van der Waals surface area contributed by atoms with Crippen LogP contribution in [0.5, 0.6) is 11.5 Å². The van der Waals surface area contributed by atoms with Gasteiger partial charge in [-0.1, -0.05) is 17.7 Å². The van der Waals surface area contributed by atoms with Gasteiger partial charge in [-0.3, -0.25) is 4.79 Å². The van der Waals surface area contributed by atoms with E-state index in [0.29, 0.717) is 29.4 Å². The molecule has 0 spiro atoms. The molecule has 0 fully saturated rings. The van der Waals surface area contributed by atoms with Crippen molar-refractivity contribution in [3.05, 3.63) is 47.0 Å². The average molecular weight is 349 g/mol. The molecule has 2 N–H and O–H groups in total. The Morgan fingerprint density at radius 3 is 2.58 bits per heavy atom. The molecule has 2 aromatic rings. The number of aryl methyl sites for hydroxylation is 1. The van der Waals surface area contributed by atoms with E-state index < -0.39 is 0 Å². The Bertz CT molecular complexity index is 719. The Balaban J connectivity index is 1.89. The molecule has 5 nitrogen and oxygen atoms in total. The Labute approximate surface area is 146 Å². The molecule has 0 heterocycles. The summed E-state index contributed by atoms with van der Waals surface area (Å²) >= 11 is 6.05. The number of hydrogen-bond donors (Lipinski definition) is 2. The van der Waals surface area contributed by atoms with E-state index in [2.05, 4.69) is 10.6 Å². The largest absolute Gasteiger partial charge is 0.497 e. The van der Waals surface area contributed by atoms with Gasteiger partial charge in [-0.15, -0.1) is 0 Å². The van der Waals surface area contributed by atoms with E-state index in [1.807, 2.05) is 37.3 Å². The predicted octanol–water partition coefficient (Wildman–Crippen LogP) is 4.11. The molecule has 0 bridgehead atoms. The highest BCUT2D eigenvalue weighted by Gasteiger charge is 2.07. The van der Waals surface area contributed by atoms with Gasteiger partial charge in [0.1, 0.15) is 11.5 Å². The summed E-state index contributed by atoms with van der Waals surface area (Å²) in [5.41, 5.74) is 2.44. The van der Waals surface area contributed by atoms with Gasteiger partial charge in [0.15, 0.2) is 0 Å². The van der Waals surface area contributed by atoms with E-state index in [1.54, 1.807) is 20.3 Å². The smallest absolute Gasteiger partial charge is 0.226 e. The minimum Gasteiger partial charge on any atom is -0.497 e. The fourth-order valence-electron chi connectivity index (χ4n) is 2.16. The zero-order valence-corrected chi connectivity index (χ0v) is 14.7. The molecule has 0 aliphatic heterocycles. The van der Waals surface area contributed by atoms with Gasteiger partial charge in [0, 0.05) is 29.7 Å². The van der Waals surface area contributed by atoms with Crippen molar-refractivity contribution >= 4 is 28.9 Å². The van der Waals surface area contributed by atoms with Crippen LogP contribution < -0.4 is 20.1 Å². The van der Waals surface area contributed by atoms with Crippen molar-refractivity contribution in [1.82, 2.24) is 0 Å². The van der Waals surface area contributed by atoms with Crippen LogP contribution in [0.2, 0.25) is 5.02 Å². The van der Waals surface area contributed by atoms with E-state index in [1.165, 1.54) is 0 Å². The zero-order valence-electron chi connectivity index (χ0n) is 14.0. The maximum Gasteiger partial charge on any atom is 0.226 e. The number of rotatable bonds is 7. The van der Waals surface area contributed by atoms with Crippen LogP contribution in [-0.2, 0) is 4.79 Å². The molecule has 0 radical (unpaired) electrons. The monoisotopic (exact) mass is 348 g/mol. The Morgan fingerprint density at radius 2 is 1.92 bits per heavy atom. The van der Waals surface area contributed by atoms with Crippen molar-refractivity contribution in [2.24, 2.45) is 0 Å². The third kappa shape index (κ3) is 4.80. The molecule has 2 aromatic carbocycles. The van der Waals surface area contributed by atoms with Crippen molar-refractivity contribution in [1.29, 1.82) is 0 Å². The summed E-state index contributed by atoms with van der Waals surface area (Å²) in [6.07, 6.45) is 0.311. The van der Waals surface area contributed by atoms with Crippen molar-refractivity contribution in [2.45, 2.75) is 13.3 Å². The molecule has 128 valence electrons. The van der Waals surface area contributed by atoms with Gasteiger partial charge in [0.25, 0.3) is 0 Å². The molecule has 2 rings (SSSR count). The first-order valence-electron chi connectivity index (χ1n) is 7.55. The van der Waals surface area contributed by atoms with E-state index in [9.17, 15) is 4.79 Å². The van der Waals surface area contributed by atoms with Gasteiger partial charge in [-0.2, -0.15) is 0 Å². The molecule has 0 atom stereocenters. The van der Waals surface area contributed by atoms with Crippen molar-refractivity contribution < 1.29 is 14.3 Å². The molecule has 0 unspecified atom stereocenters. The lowest BCUT2D eigenvalue weighted by molar-refractivity contribution is -0.115. The molecular formula is C18H21ClN2O3. The second-order valence-electron chi connectivity index (χ2n) is 5.26. The van der Waals surface area contributed by atoms with Crippen molar-refractivity contribution in [2.75, 3.05) is 31.4 Å². The van der Waals surface area contributed by atoms with Gasteiger partial charge < -0.3 is 20.1 Å². The van der Waals surface area contributed by atoms with E-state index in [4.69, 9.17) is 21.1 Å². The molecular weight excluding hydrogens is 328 g/mol. The summed E-state index contributed by atoms with van der Waals surface area (Å²) in [6, 6.07) is 10.9. The van der Waals surface area contributed by atoms with Crippen LogP contribution in [-0.4, -0.2) is 26.7 Å². The first kappa shape index (κ1) is 17.9. The van der Waals surface area contributed by atoms with Crippen LogP contribution in [0.3, 0.4) is 0 Å². The maximum atomic E-state index is 12.0. The van der Waals surface area contributed by atoms with Gasteiger partial charge in [0.2, 0.25) is 5.91 Å². The van der Waals surface area contributed by atoms with Crippen molar-refractivity contribution in [3.8, 4) is 11.5 Å².